The summed E-state index contributed by atoms with van der Waals surface area (Å²) in [6.45, 7) is 4.93. The lowest BCUT2D eigenvalue weighted by Crippen LogP contribution is -2.35. The smallest absolute Gasteiger partial charge is 0.340 e. The molecule has 9 nitrogen and oxygen atoms in total. The van der Waals surface area contributed by atoms with Gasteiger partial charge in [-0.25, -0.2) is 4.79 Å². The number of nitrogens with one attached hydrogen (secondary N) is 1. The van der Waals surface area contributed by atoms with Gasteiger partial charge in [0.1, 0.15) is 0 Å². The number of rotatable bonds is 6. The number of esters is 1. The van der Waals surface area contributed by atoms with E-state index < -0.39 is 23.9 Å². The van der Waals surface area contributed by atoms with E-state index in [0.717, 1.165) is 4.90 Å². The summed E-state index contributed by atoms with van der Waals surface area (Å²) >= 11 is 0. The summed E-state index contributed by atoms with van der Waals surface area (Å²) in [5.41, 5.74) is -0.543. The van der Waals surface area contributed by atoms with Crippen LogP contribution in [0.2, 0.25) is 0 Å². The van der Waals surface area contributed by atoms with Crippen LogP contribution in [0.25, 0.3) is 0 Å². The summed E-state index contributed by atoms with van der Waals surface area (Å²) < 4.78 is 15.5. The average Bonchev–Trinajstić information content (AvgIpc) is 3.10. The molecule has 1 aromatic carbocycles. The van der Waals surface area contributed by atoms with Gasteiger partial charge in [0.05, 0.1) is 25.5 Å². The Bertz CT molecular complexity index is 827. The molecule has 1 aromatic rings. The number of nitrogens with zero attached hydrogens (tertiary/aromatic N) is 1. The van der Waals surface area contributed by atoms with Crippen LogP contribution in [0.3, 0.4) is 0 Å². The van der Waals surface area contributed by atoms with Crippen molar-refractivity contribution in [2.75, 3.05) is 32.7 Å². The molecular formula is C20H26N2O7. The molecule has 0 spiro atoms. The Balaban J connectivity index is 2.25. The molecule has 29 heavy (non-hydrogen) atoms. The van der Waals surface area contributed by atoms with Gasteiger partial charge in [0.25, 0.3) is 5.91 Å². The fourth-order valence-corrected chi connectivity index (χ4v) is 2.66. The van der Waals surface area contributed by atoms with Crippen LogP contribution >= 0.6 is 0 Å². The third-order valence-corrected chi connectivity index (χ3v) is 4.37. The molecule has 2 rings (SSSR count). The fourth-order valence-electron chi connectivity index (χ4n) is 2.66. The molecular weight excluding hydrogens is 380 g/mol. The average molecular weight is 406 g/mol. The Labute approximate surface area is 169 Å². The zero-order valence-electron chi connectivity index (χ0n) is 17.3. The van der Waals surface area contributed by atoms with Crippen molar-refractivity contribution in [3.63, 3.8) is 0 Å². The summed E-state index contributed by atoms with van der Waals surface area (Å²) in [7, 11) is 2.83. The van der Waals surface area contributed by atoms with Crippen molar-refractivity contribution in [1.82, 2.24) is 4.90 Å². The van der Waals surface area contributed by atoms with E-state index >= 15 is 0 Å². The first-order valence-corrected chi connectivity index (χ1v) is 9.16. The van der Waals surface area contributed by atoms with E-state index in [2.05, 4.69) is 5.32 Å². The zero-order chi connectivity index (χ0) is 21.8. The lowest BCUT2D eigenvalue weighted by atomic mass is 9.95. The van der Waals surface area contributed by atoms with Crippen LogP contribution in [0.15, 0.2) is 12.1 Å². The number of benzene rings is 1. The first kappa shape index (κ1) is 22.2. The SMILES string of the molecule is COc1cc(NC(=O)C(C)(C)C)c(C(=O)OCC(=O)N2CCCC2=O)cc1OC. The minimum Gasteiger partial charge on any atom is -0.493 e. The van der Waals surface area contributed by atoms with E-state index in [1.54, 1.807) is 20.8 Å². The van der Waals surface area contributed by atoms with Gasteiger partial charge in [-0.1, -0.05) is 20.8 Å². The Morgan fingerprint density at radius 3 is 2.24 bits per heavy atom. The molecule has 0 aromatic heterocycles. The monoisotopic (exact) mass is 406 g/mol. The number of carbonyl (C=O) groups excluding carboxylic acids is 4. The molecule has 0 unspecified atom stereocenters. The summed E-state index contributed by atoms with van der Waals surface area (Å²) in [5.74, 6) is -1.45. The maximum atomic E-state index is 12.6. The third kappa shape index (κ3) is 5.24. The molecule has 1 heterocycles. The first-order chi connectivity index (χ1) is 13.6. The number of likely N-dealkylation sites (tertiary alicyclic amines) is 1. The van der Waals surface area contributed by atoms with Crippen molar-refractivity contribution in [3.8, 4) is 11.5 Å². The second-order valence-electron chi connectivity index (χ2n) is 7.58. The molecule has 1 aliphatic rings. The fraction of sp³-hybridized carbons (Fsp3) is 0.500. The Morgan fingerprint density at radius 1 is 1.10 bits per heavy atom. The van der Waals surface area contributed by atoms with E-state index in [0.29, 0.717) is 25.1 Å². The van der Waals surface area contributed by atoms with Crippen molar-refractivity contribution in [3.05, 3.63) is 17.7 Å². The molecule has 158 valence electrons. The van der Waals surface area contributed by atoms with Gasteiger partial charge in [-0.05, 0) is 6.42 Å². The Kier molecular flexibility index (Phi) is 6.84. The predicted molar refractivity (Wildman–Crippen MR) is 104 cm³/mol. The number of amides is 3. The second kappa shape index (κ2) is 8.93. The number of imide groups is 1. The molecule has 3 amide bonds. The number of hydrogen-bond donors (Lipinski definition) is 1. The van der Waals surface area contributed by atoms with Gasteiger partial charge in [0.15, 0.2) is 18.1 Å². The van der Waals surface area contributed by atoms with Gasteiger partial charge >= 0.3 is 5.97 Å². The van der Waals surface area contributed by atoms with Crippen LogP contribution < -0.4 is 14.8 Å². The van der Waals surface area contributed by atoms with E-state index in [9.17, 15) is 19.2 Å². The minimum absolute atomic E-state index is 0.000739. The minimum atomic E-state index is -0.838. The van der Waals surface area contributed by atoms with Gasteiger partial charge in [0.2, 0.25) is 11.8 Å². The zero-order valence-corrected chi connectivity index (χ0v) is 17.3. The van der Waals surface area contributed by atoms with Crippen molar-refractivity contribution >= 4 is 29.4 Å². The van der Waals surface area contributed by atoms with Crippen molar-refractivity contribution in [2.24, 2.45) is 5.41 Å². The van der Waals surface area contributed by atoms with Crippen LogP contribution in [-0.2, 0) is 19.1 Å². The number of methoxy groups -OCH3 is 2. The number of carbonyl (C=O) groups is 4. The summed E-state index contributed by atoms with van der Waals surface area (Å²) in [4.78, 5) is 49.9. The van der Waals surface area contributed by atoms with Gasteiger partial charge < -0.3 is 19.5 Å². The highest BCUT2D eigenvalue weighted by atomic mass is 16.5. The van der Waals surface area contributed by atoms with Crippen molar-refractivity contribution in [1.29, 1.82) is 0 Å². The molecule has 0 bridgehead atoms. The van der Waals surface area contributed by atoms with E-state index in [-0.39, 0.29) is 28.8 Å². The molecule has 1 saturated heterocycles. The molecule has 0 aliphatic carbocycles. The second-order valence-corrected chi connectivity index (χ2v) is 7.58. The standard InChI is InChI=1S/C20H26N2O7/c1-20(2,3)19(26)21-13-10-15(28-5)14(27-4)9-12(13)18(25)29-11-17(24)22-8-6-7-16(22)23/h9-10H,6-8,11H2,1-5H3,(H,21,26). The maximum Gasteiger partial charge on any atom is 0.340 e. The normalized spacial score (nSPS) is 13.8. The van der Waals surface area contributed by atoms with E-state index in [1.165, 1.54) is 26.4 Å². The lowest BCUT2D eigenvalue weighted by molar-refractivity contribution is -0.144. The third-order valence-electron chi connectivity index (χ3n) is 4.37. The Morgan fingerprint density at radius 2 is 1.72 bits per heavy atom. The highest BCUT2D eigenvalue weighted by Crippen LogP contribution is 2.34. The summed E-state index contributed by atoms with van der Waals surface area (Å²) in [6, 6.07) is 2.82. The van der Waals surface area contributed by atoms with Gasteiger partial charge in [0, 0.05) is 30.5 Å². The first-order valence-electron chi connectivity index (χ1n) is 9.16. The molecule has 9 heteroatoms. The summed E-state index contributed by atoms with van der Waals surface area (Å²) in [6.07, 6.45) is 0.898. The van der Waals surface area contributed by atoms with Gasteiger partial charge in [-0.15, -0.1) is 0 Å². The summed E-state index contributed by atoms with van der Waals surface area (Å²) in [5, 5.41) is 2.68. The van der Waals surface area contributed by atoms with Gasteiger partial charge in [-0.3, -0.25) is 19.3 Å². The highest BCUT2D eigenvalue weighted by Gasteiger charge is 2.29. The largest absolute Gasteiger partial charge is 0.493 e. The van der Waals surface area contributed by atoms with E-state index in [4.69, 9.17) is 14.2 Å². The van der Waals surface area contributed by atoms with E-state index in [1.807, 2.05) is 0 Å². The van der Waals surface area contributed by atoms with Crippen LogP contribution in [-0.4, -0.2) is 56.0 Å². The van der Waals surface area contributed by atoms with Crippen LogP contribution in [0.1, 0.15) is 44.0 Å². The molecule has 1 fully saturated rings. The quantitative estimate of drug-likeness (QED) is 0.719. The predicted octanol–water partition coefficient (Wildman–Crippen LogP) is 1.99. The highest BCUT2D eigenvalue weighted by molar-refractivity contribution is 6.04. The molecule has 1 aliphatic heterocycles. The number of hydrogen-bond acceptors (Lipinski definition) is 7. The molecule has 0 saturated carbocycles. The van der Waals surface area contributed by atoms with Crippen molar-refractivity contribution in [2.45, 2.75) is 33.6 Å². The maximum absolute atomic E-state index is 12.6. The van der Waals surface area contributed by atoms with Gasteiger partial charge in [-0.2, -0.15) is 0 Å². The van der Waals surface area contributed by atoms with Crippen LogP contribution in [0, 0.1) is 5.41 Å². The van der Waals surface area contributed by atoms with Crippen molar-refractivity contribution < 1.29 is 33.4 Å². The number of ether oxygens (including phenoxy) is 3. The number of anilines is 1. The Hall–Kier alpha value is -3.10. The lowest BCUT2D eigenvalue weighted by Gasteiger charge is -2.20. The van der Waals surface area contributed by atoms with Crippen LogP contribution in [0.5, 0.6) is 11.5 Å². The molecule has 0 radical (unpaired) electrons. The van der Waals surface area contributed by atoms with Crippen LogP contribution in [0.4, 0.5) is 5.69 Å². The molecule has 1 N–H and O–H groups in total. The molecule has 0 atom stereocenters. The topological polar surface area (TPSA) is 111 Å².